The largest absolute Gasteiger partial charge is 0.375 e. The highest BCUT2D eigenvalue weighted by Crippen LogP contribution is 2.41. The number of carbonyl (C=O) groups excluding carboxylic acids is 1. The molecule has 0 bridgehead atoms. The van der Waals surface area contributed by atoms with Crippen LogP contribution < -0.4 is 0 Å². The molecule has 2 heterocycles. The van der Waals surface area contributed by atoms with E-state index in [0.717, 1.165) is 55.7 Å². The van der Waals surface area contributed by atoms with E-state index in [9.17, 15) is 4.79 Å². The first kappa shape index (κ1) is 15.1. The zero-order chi connectivity index (χ0) is 14.7. The summed E-state index contributed by atoms with van der Waals surface area (Å²) in [4.78, 5) is 13.7. The Balaban J connectivity index is 1.73. The van der Waals surface area contributed by atoms with Gasteiger partial charge in [0.1, 0.15) is 4.88 Å². The summed E-state index contributed by atoms with van der Waals surface area (Å²) in [7, 11) is 0. The number of aryl methyl sites for hydroxylation is 1. The van der Waals surface area contributed by atoms with Crippen LogP contribution in [0.25, 0.3) is 0 Å². The Bertz CT molecular complexity index is 489. The molecule has 1 aliphatic carbocycles. The zero-order valence-electron chi connectivity index (χ0n) is 12.8. The Labute approximate surface area is 130 Å². The van der Waals surface area contributed by atoms with E-state index in [1.165, 1.54) is 30.8 Å². The molecule has 1 atom stereocenters. The highest BCUT2D eigenvalue weighted by Gasteiger charge is 2.41. The Hall–Kier alpha value is -0.810. The number of rotatable bonds is 4. The summed E-state index contributed by atoms with van der Waals surface area (Å²) in [6.07, 6.45) is 9.64. The molecule has 1 spiro atoms. The van der Waals surface area contributed by atoms with Gasteiger partial charge < -0.3 is 4.74 Å². The van der Waals surface area contributed by atoms with Crippen molar-refractivity contribution in [3.05, 3.63) is 10.6 Å². The number of ketones is 1. The standard InChI is InChI=1S/C16H24N2O2S/c1-2-6-13-15(21-18-17-13)14(19)12-7-10-20-16(11-12)8-4-3-5-9-16/h12H,2-11H2,1H3. The molecule has 5 heteroatoms. The van der Waals surface area contributed by atoms with Crippen LogP contribution in [0.5, 0.6) is 0 Å². The van der Waals surface area contributed by atoms with Gasteiger partial charge in [-0.05, 0) is 43.6 Å². The minimum absolute atomic E-state index is 0.0140. The van der Waals surface area contributed by atoms with Gasteiger partial charge in [-0.15, -0.1) is 5.10 Å². The molecule has 0 aromatic carbocycles. The van der Waals surface area contributed by atoms with Crippen molar-refractivity contribution >= 4 is 17.3 Å². The molecule has 1 unspecified atom stereocenters. The number of aromatic nitrogens is 2. The predicted octanol–water partition coefficient (Wildman–Crippen LogP) is 3.80. The molecule has 2 fully saturated rings. The fourth-order valence-electron chi connectivity index (χ4n) is 3.78. The molecule has 1 aromatic rings. The van der Waals surface area contributed by atoms with Gasteiger partial charge >= 0.3 is 0 Å². The van der Waals surface area contributed by atoms with Crippen LogP contribution in [0, 0.1) is 5.92 Å². The molecule has 0 radical (unpaired) electrons. The van der Waals surface area contributed by atoms with Gasteiger partial charge in [0.15, 0.2) is 5.78 Å². The summed E-state index contributed by atoms with van der Waals surface area (Å²) in [6, 6.07) is 0. The minimum Gasteiger partial charge on any atom is -0.375 e. The molecule has 1 aromatic heterocycles. The van der Waals surface area contributed by atoms with Gasteiger partial charge in [-0.3, -0.25) is 4.79 Å². The summed E-state index contributed by atoms with van der Waals surface area (Å²) in [5.74, 6) is 0.372. The van der Waals surface area contributed by atoms with E-state index in [-0.39, 0.29) is 17.3 Å². The maximum absolute atomic E-state index is 12.9. The summed E-state index contributed by atoms with van der Waals surface area (Å²) in [5, 5.41) is 4.14. The van der Waals surface area contributed by atoms with Crippen LogP contribution in [0.3, 0.4) is 0 Å². The average Bonchev–Trinajstić information content (AvgIpc) is 2.96. The molecule has 3 rings (SSSR count). The highest BCUT2D eigenvalue weighted by molar-refractivity contribution is 7.08. The average molecular weight is 308 g/mol. The third kappa shape index (κ3) is 3.19. The van der Waals surface area contributed by atoms with Crippen molar-refractivity contribution in [1.82, 2.24) is 9.59 Å². The Kier molecular flexibility index (Phi) is 4.69. The van der Waals surface area contributed by atoms with Crippen LogP contribution in [-0.2, 0) is 11.2 Å². The molecular formula is C16H24N2O2S. The molecule has 21 heavy (non-hydrogen) atoms. The third-order valence-corrected chi connectivity index (χ3v) is 5.68. The smallest absolute Gasteiger partial charge is 0.179 e. The maximum Gasteiger partial charge on any atom is 0.179 e. The lowest BCUT2D eigenvalue weighted by Crippen LogP contribution is -2.43. The third-order valence-electron chi connectivity index (χ3n) is 4.89. The molecule has 4 nitrogen and oxygen atoms in total. The van der Waals surface area contributed by atoms with Crippen molar-refractivity contribution in [2.45, 2.75) is 70.3 Å². The zero-order valence-corrected chi connectivity index (χ0v) is 13.6. The van der Waals surface area contributed by atoms with Gasteiger partial charge in [-0.25, -0.2) is 0 Å². The van der Waals surface area contributed by atoms with Gasteiger partial charge in [-0.1, -0.05) is 37.1 Å². The number of nitrogens with zero attached hydrogens (tertiary/aromatic N) is 2. The van der Waals surface area contributed by atoms with Crippen LogP contribution in [0.15, 0.2) is 0 Å². The fourth-order valence-corrected chi connectivity index (χ4v) is 4.50. The second-order valence-electron chi connectivity index (χ2n) is 6.44. The highest BCUT2D eigenvalue weighted by atomic mass is 32.1. The Morgan fingerprint density at radius 1 is 1.38 bits per heavy atom. The van der Waals surface area contributed by atoms with Gasteiger partial charge in [0, 0.05) is 12.5 Å². The number of carbonyl (C=O) groups is 1. The van der Waals surface area contributed by atoms with Crippen LogP contribution in [0.1, 0.15) is 73.7 Å². The summed E-state index contributed by atoms with van der Waals surface area (Å²) in [6.45, 7) is 2.84. The maximum atomic E-state index is 12.9. The van der Waals surface area contributed by atoms with Gasteiger partial charge in [0.25, 0.3) is 0 Å². The molecule has 2 aliphatic rings. The van der Waals surface area contributed by atoms with Crippen molar-refractivity contribution in [3.8, 4) is 0 Å². The van der Waals surface area contributed by atoms with Gasteiger partial charge in [0.05, 0.1) is 11.3 Å². The lowest BCUT2D eigenvalue weighted by atomic mass is 9.75. The van der Waals surface area contributed by atoms with Crippen LogP contribution >= 0.6 is 11.5 Å². The molecule has 116 valence electrons. The summed E-state index contributed by atoms with van der Waals surface area (Å²) in [5.41, 5.74) is 0.886. The lowest BCUT2D eigenvalue weighted by Gasteiger charge is -2.43. The first-order valence-electron chi connectivity index (χ1n) is 8.23. The van der Waals surface area contributed by atoms with Crippen molar-refractivity contribution in [2.24, 2.45) is 5.92 Å². The van der Waals surface area contributed by atoms with Crippen molar-refractivity contribution in [3.63, 3.8) is 0 Å². The summed E-state index contributed by atoms with van der Waals surface area (Å²) < 4.78 is 10.1. The van der Waals surface area contributed by atoms with Crippen LogP contribution in [-0.4, -0.2) is 27.6 Å². The number of hydrogen-bond acceptors (Lipinski definition) is 5. The first-order valence-corrected chi connectivity index (χ1v) is 9.01. The van der Waals surface area contributed by atoms with Crippen LogP contribution in [0.2, 0.25) is 0 Å². The number of ether oxygens (including phenoxy) is 1. The quantitative estimate of drug-likeness (QED) is 0.794. The van der Waals surface area contributed by atoms with Crippen molar-refractivity contribution in [2.75, 3.05) is 6.61 Å². The second kappa shape index (κ2) is 6.53. The van der Waals surface area contributed by atoms with E-state index < -0.39 is 0 Å². The van der Waals surface area contributed by atoms with E-state index in [1.807, 2.05) is 0 Å². The van der Waals surface area contributed by atoms with Gasteiger partial charge in [-0.2, -0.15) is 0 Å². The second-order valence-corrected chi connectivity index (χ2v) is 7.20. The lowest BCUT2D eigenvalue weighted by molar-refractivity contribution is -0.111. The van der Waals surface area contributed by atoms with Crippen molar-refractivity contribution < 1.29 is 9.53 Å². The number of hydrogen-bond donors (Lipinski definition) is 0. The molecular weight excluding hydrogens is 284 g/mol. The van der Waals surface area contributed by atoms with Gasteiger partial charge in [0.2, 0.25) is 0 Å². The molecule has 1 aliphatic heterocycles. The molecule has 1 saturated carbocycles. The van der Waals surface area contributed by atoms with E-state index in [2.05, 4.69) is 16.5 Å². The normalized spacial score (nSPS) is 25.1. The topological polar surface area (TPSA) is 52.1 Å². The van der Waals surface area contributed by atoms with E-state index in [4.69, 9.17) is 4.74 Å². The van der Waals surface area contributed by atoms with E-state index in [1.54, 1.807) is 0 Å². The minimum atomic E-state index is -0.0140. The first-order chi connectivity index (χ1) is 10.2. The van der Waals surface area contributed by atoms with Crippen LogP contribution in [0.4, 0.5) is 0 Å². The number of Topliss-reactive ketones (excluding diaryl/α,β-unsaturated/α-hetero) is 1. The van der Waals surface area contributed by atoms with E-state index >= 15 is 0 Å². The predicted molar refractivity (Wildman–Crippen MR) is 82.7 cm³/mol. The Morgan fingerprint density at radius 3 is 2.95 bits per heavy atom. The van der Waals surface area contributed by atoms with Crippen molar-refractivity contribution in [1.29, 1.82) is 0 Å². The van der Waals surface area contributed by atoms with E-state index in [0.29, 0.717) is 0 Å². The molecule has 0 amide bonds. The molecule has 1 saturated heterocycles. The molecule has 0 N–H and O–H groups in total. The Morgan fingerprint density at radius 2 is 2.19 bits per heavy atom. The monoisotopic (exact) mass is 308 g/mol. The SMILES string of the molecule is CCCc1nnsc1C(=O)C1CCOC2(CCCCC2)C1. The fraction of sp³-hybridized carbons (Fsp3) is 0.812. The summed E-state index contributed by atoms with van der Waals surface area (Å²) >= 11 is 1.27.